The molecule has 0 unspecified atom stereocenters. The summed E-state index contributed by atoms with van der Waals surface area (Å²) in [4.78, 5) is 29.3. The number of fused-ring (bicyclic) bond motifs is 3. The molecule has 1 amide bonds. The van der Waals surface area contributed by atoms with Crippen molar-refractivity contribution in [1.82, 2.24) is 9.30 Å². The van der Waals surface area contributed by atoms with E-state index in [0.717, 1.165) is 29.2 Å². The number of likely N-dealkylation sites (tertiary alicyclic amines) is 1. The minimum Gasteiger partial charge on any atom is -0.383 e. The molecular weight excluding hydrogens is 424 g/mol. The van der Waals surface area contributed by atoms with Crippen LogP contribution in [0.2, 0.25) is 5.02 Å². The third kappa shape index (κ3) is 3.48. The van der Waals surface area contributed by atoms with Crippen molar-refractivity contribution in [3.05, 3.63) is 87.8 Å². The van der Waals surface area contributed by atoms with Gasteiger partial charge in [0.15, 0.2) is 0 Å². The summed E-state index contributed by atoms with van der Waals surface area (Å²) in [6.45, 7) is 1.17. The third-order valence-corrected chi connectivity index (χ3v) is 6.45. The summed E-state index contributed by atoms with van der Waals surface area (Å²) in [5, 5.41) is 2.26. The second-order valence-electron chi connectivity index (χ2n) is 8.16. The van der Waals surface area contributed by atoms with Gasteiger partial charge in [-0.3, -0.25) is 14.0 Å². The Kier molecular flexibility index (Phi) is 5.45. The first-order valence-electron chi connectivity index (χ1n) is 10.7. The Morgan fingerprint density at radius 1 is 1.12 bits per heavy atom. The maximum atomic E-state index is 13.9. The van der Waals surface area contributed by atoms with Crippen molar-refractivity contribution in [1.29, 1.82) is 0 Å². The van der Waals surface area contributed by atoms with Crippen LogP contribution in [0.5, 0.6) is 0 Å². The second kappa shape index (κ2) is 8.41. The smallest absolute Gasteiger partial charge is 0.263 e. The lowest BCUT2D eigenvalue weighted by molar-refractivity contribution is 0.0632. The van der Waals surface area contributed by atoms with Gasteiger partial charge in [-0.2, -0.15) is 0 Å². The number of nitrogens with zero attached hydrogens (tertiary/aromatic N) is 2. The van der Waals surface area contributed by atoms with E-state index in [0.29, 0.717) is 34.8 Å². The first-order valence-corrected chi connectivity index (χ1v) is 11.1. The molecule has 1 aliphatic heterocycles. The number of benzene rings is 2. The van der Waals surface area contributed by atoms with Crippen LogP contribution >= 0.6 is 11.6 Å². The van der Waals surface area contributed by atoms with Gasteiger partial charge in [0.25, 0.3) is 11.5 Å². The lowest BCUT2D eigenvalue weighted by atomic mass is 10.0. The molecule has 162 valence electrons. The molecule has 3 heterocycles. The average Bonchev–Trinajstić information content (AvgIpc) is 3.28. The summed E-state index contributed by atoms with van der Waals surface area (Å²) in [6, 6.07) is 18.7. The largest absolute Gasteiger partial charge is 0.383 e. The van der Waals surface area contributed by atoms with Crippen LogP contribution in [0.4, 0.5) is 0 Å². The molecule has 1 aliphatic rings. The van der Waals surface area contributed by atoms with E-state index in [1.807, 2.05) is 59.5 Å². The fraction of sp³-hybridized carbons (Fsp3) is 0.231. The summed E-state index contributed by atoms with van der Waals surface area (Å²) in [5.74, 6) is -0.0910. The summed E-state index contributed by atoms with van der Waals surface area (Å²) in [5.41, 5.74) is 2.19. The SMILES string of the molecule is COC[C@H]1CCCN1C(=O)c1cc(-c2ccccc2)c(=O)n2ccc3ccc(Cl)cc3c12. The molecule has 0 radical (unpaired) electrons. The normalized spacial score (nSPS) is 16.2. The van der Waals surface area contributed by atoms with E-state index < -0.39 is 0 Å². The number of methoxy groups -OCH3 is 1. The van der Waals surface area contributed by atoms with Crippen molar-refractivity contribution >= 4 is 33.8 Å². The minimum absolute atomic E-state index is 0.0261. The maximum absolute atomic E-state index is 13.9. The van der Waals surface area contributed by atoms with E-state index in [9.17, 15) is 9.59 Å². The van der Waals surface area contributed by atoms with Crippen molar-refractivity contribution < 1.29 is 9.53 Å². The predicted octanol–water partition coefficient (Wildman–Crippen LogP) is 5.02. The summed E-state index contributed by atoms with van der Waals surface area (Å²) in [6.07, 6.45) is 3.58. The van der Waals surface area contributed by atoms with Crippen LogP contribution in [0.15, 0.2) is 71.7 Å². The Balaban J connectivity index is 1.82. The number of aromatic nitrogens is 1. The first-order chi connectivity index (χ1) is 15.6. The van der Waals surface area contributed by atoms with Gasteiger partial charge < -0.3 is 9.64 Å². The van der Waals surface area contributed by atoms with Crippen LogP contribution in [0, 0.1) is 0 Å². The molecular formula is C26H23ClN2O3. The third-order valence-electron chi connectivity index (χ3n) is 6.22. The number of hydrogen-bond acceptors (Lipinski definition) is 3. The molecule has 5 nitrogen and oxygen atoms in total. The summed E-state index contributed by atoms with van der Waals surface area (Å²) < 4.78 is 6.94. The van der Waals surface area contributed by atoms with Gasteiger partial charge in [-0.25, -0.2) is 0 Å². The molecule has 32 heavy (non-hydrogen) atoms. The molecule has 5 rings (SSSR count). The van der Waals surface area contributed by atoms with Crippen LogP contribution in [0.25, 0.3) is 27.4 Å². The number of ether oxygens (including phenoxy) is 1. The van der Waals surface area contributed by atoms with E-state index in [1.165, 1.54) is 0 Å². The van der Waals surface area contributed by atoms with E-state index in [-0.39, 0.29) is 17.5 Å². The van der Waals surface area contributed by atoms with Crippen LogP contribution in [-0.2, 0) is 4.74 Å². The summed E-state index contributed by atoms with van der Waals surface area (Å²) >= 11 is 6.31. The molecule has 1 atom stereocenters. The fourth-order valence-corrected chi connectivity index (χ4v) is 4.87. The van der Waals surface area contributed by atoms with Crippen molar-refractivity contribution in [3.8, 4) is 11.1 Å². The van der Waals surface area contributed by atoms with E-state index in [4.69, 9.17) is 16.3 Å². The quantitative estimate of drug-likeness (QED) is 0.413. The van der Waals surface area contributed by atoms with Crippen LogP contribution in [0.3, 0.4) is 0 Å². The number of amides is 1. The van der Waals surface area contributed by atoms with Crippen LogP contribution in [-0.4, -0.2) is 41.5 Å². The highest BCUT2D eigenvalue weighted by Crippen LogP contribution is 2.30. The van der Waals surface area contributed by atoms with Gasteiger partial charge in [0.05, 0.1) is 23.7 Å². The number of halogens is 1. The van der Waals surface area contributed by atoms with Gasteiger partial charge in [0.1, 0.15) is 0 Å². The molecule has 1 fully saturated rings. The standard InChI is InChI=1S/C26H23ClN2O3/c1-32-16-20-8-5-12-28(20)26(31)23-15-22(17-6-3-2-4-7-17)25(30)29-13-11-18-9-10-19(27)14-21(18)24(23)29/h2-4,6-7,9-11,13-15,20H,5,8,12,16H2,1H3/t20-/m1/s1. The zero-order valence-corrected chi connectivity index (χ0v) is 18.5. The van der Waals surface area contributed by atoms with Gasteiger partial charge in [-0.1, -0.05) is 48.0 Å². The Morgan fingerprint density at radius 3 is 2.72 bits per heavy atom. The Hall–Kier alpha value is -3.15. The molecule has 6 heteroatoms. The Bertz CT molecular complexity index is 1380. The van der Waals surface area contributed by atoms with Gasteiger partial charge in [-0.15, -0.1) is 0 Å². The van der Waals surface area contributed by atoms with Crippen LogP contribution < -0.4 is 5.56 Å². The highest BCUT2D eigenvalue weighted by molar-refractivity contribution is 6.31. The highest BCUT2D eigenvalue weighted by atomic mass is 35.5. The molecule has 0 bridgehead atoms. The Morgan fingerprint density at radius 2 is 1.94 bits per heavy atom. The zero-order chi connectivity index (χ0) is 22.2. The van der Waals surface area contributed by atoms with Crippen molar-refractivity contribution in [3.63, 3.8) is 0 Å². The molecule has 0 N–H and O–H groups in total. The minimum atomic E-state index is -0.167. The number of hydrogen-bond donors (Lipinski definition) is 0. The number of rotatable bonds is 4. The molecule has 4 aromatic rings. The van der Waals surface area contributed by atoms with Gasteiger partial charge in [0, 0.05) is 35.8 Å². The fourth-order valence-electron chi connectivity index (χ4n) is 4.70. The molecule has 2 aromatic heterocycles. The topological polar surface area (TPSA) is 51.0 Å². The lowest BCUT2D eigenvalue weighted by Crippen LogP contribution is -2.38. The predicted molar refractivity (Wildman–Crippen MR) is 128 cm³/mol. The number of carbonyl (C=O) groups excluding carboxylic acids is 1. The first kappa shape index (κ1) is 20.7. The van der Waals surface area contributed by atoms with Crippen molar-refractivity contribution in [2.75, 3.05) is 20.3 Å². The van der Waals surface area contributed by atoms with Gasteiger partial charge in [-0.05, 0) is 48.1 Å². The zero-order valence-electron chi connectivity index (χ0n) is 17.8. The van der Waals surface area contributed by atoms with E-state index in [1.54, 1.807) is 23.8 Å². The number of pyridine rings is 2. The number of carbonyl (C=O) groups is 1. The van der Waals surface area contributed by atoms with Crippen molar-refractivity contribution in [2.24, 2.45) is 0 Å². The van der Waals surface area contributed by atoms with E-state index >= 15 is 0 Å². The lowest BCUT2D eigenvalue weighted by Gasteiger charge is -2.25. The van der Waals surface area contributed by atoms with Crippen molar-refractivity contribution in [2.45, 2.75) is 18.9 Å². The highest BCUT2D eigenvalue weighted by Gasteiger charge is 2.31. The maximum Gasteiger partial charge on any atom is 0.263 e. The molecule has 2 aromatic carbocycles. The Labute approximate surface area is 190 Å². The van der Waals surface area contributed by atoms with Gasteiger partial charge >= 0.3 is 0 Å². The molecule has 0 saturated carbocycles. The monoisotopic (exact) mass is 446 g/mol. The summed E-state index contributed by atoms with van der Waals surface area (Å²) in [7, 11) is 1.65. The average molecular weight is 447 g/mol. The molecule has 0 aliphatic carbocycles. The van der Waals surface area contributed by atoms with Crippen LogP contribution in [0.1, 0.15) is 23.2 Å². The van der Waals surface area contributed by atoms with E-state index in [2.05, 4.69) is 0 Å². The van der Waals surface area contributed by atoms with Gasteiger partial charge in [0.2, 0.25) is 0 Å². The molecule has 0 spiro atoms. The molecule has 1 saturated heterocycles. The second-order valence-corrected chi connectivity index (χ2v) is 8.60.